The van der Waals surface area contributed by atoms with E-state index in [0.29, 0.717) is 5.75 Å². The second-order valence-electron chi connectivity index (χ2n) is 8.23. The molecule has 0 aliphatic carbocycles. The number of carbonyl (C=O) groups is 2. The highest BCUT2D eigenvalue weighted by Gasteiger charge is 2.30. The molecule has 8 nitrogen and oxygen atoms in total. The normalized spacial score (nSPS) is 13.0. The molecule has 0 aromatic heterocycles. The van der Waals surface area contributed by atoms with Crippen LogP contribution in [0.25, 0.3) is 0 Å². The van der Waals surface area contributed by atoms with Crippen LogP contribution in [0, 0.1) is 0 Å². The van der Waals surface area contributed by atoms with Crippen molar-refractivity contribution in [2.24, 2.45) is 0 Å². The second-order valence-corrected chi connectivity index (χ2v) is 11.5. The van der Waals surface area contributed by atoms with Crippen molar-refractivity contribution in [3.05, 3.63) is 57.5 Å². The number of sulfonamides is 1. The molecule has 0 spiro atoms. The molecule has 0 bridgehead atoms. The Morgan fingerprint density at radius 1 is 1.17 bits per heavy atom. The van der Waals surface area contributed by atoms with Crippen molar-refractivity contribution in [2.75, 3.05) is 24.2 Å². The lowest BCUT2D eigenvalue weighted by Crippen LogP contribution is -2.52. The summed E-state index contributed by atoms with van der Waals surface area (Å²) in [5.74, 6) is -0.475. The van der Waals surface area contributed by atoms with Gasteiger partial charge in [-0.1, -0.05) is 46.6 Å². The predicted molar refractivity (Wildman–Crippen MR) is 142 cm³/mol. The van der Waals surface area contributed by atoms with Crippen molar-refractivity contribution in [3.8, 4) is 5.75 Å². The van der Waals surface area contributed by atoms with Gasteiger partial charge in [0.15, 0.2) is 0 Å². The van der Waals surface area contributed by atoms with Gasteiger partial charge in [-0.2, -0.15) is 0 Å². The largest absolute Gasteiger partial charge is 0.495 e. The Hall–Kier alpha value is -2.30. The number of benzene rings is 2. The van der Waals surface area contributed by atoms with Gasteiger partial charge in [-0.05, 0) is 56.2 Å². The quantitative estimate of drug-likeness (QED) is 0.424. The van der Waals surface area contributed by atoms with Crippen LogP contribution in [0.3, 0.4) is 0 Å². The van der Waals surface area contributed by atoms with E-state index in [9.17, 15) is 18.0 Å². The van der Waals surface area contributed by atoms with E-state index >= 15 is 0 Å². The molecule has 11 heteroatoms. The highest BCUT2D eigenvalue weighted by molar-refractivity contribution is 9.10. The second kappa shape index (κ2) is 12.6. The maximum atomic E-state index is 13.5. The maximum Gasteiger partial charge on any atom is 0.244 e. The Bertz CT molecular complexity index is 1160. The number of halogens is 2. The smallest absolute Gasteiger partial charge is 0.244 e. The van der Waals surface area contributed by atoms with Crippen molar-refractivity contribution < 1.29 is 22.7 Å². The summed E-state index contributed by atoms with van der Waals surface area (Å²) < 4.78 is 32.2. The number of anilines is 1. The monoisotopic (exact) mass is 587 g/mol. The fourth-order valence-corrected chi connectivity index (χ4v) is 4.84. The van der Waals surface area contributed by atoms with Crippen molar-refractivity contribution >= 4 is 55.1 Å². The van der Waals surface area contributed by atoms with E-state index in [-0.39, 0.29) is 29.2 Å². The summed E-state index contributed by atoms with van der Waals surface area (Å²) in [6.07, 6.45) is 1.74. The van der Waals surface area contributed by atoms with Crippen LogP contribution in [0.15, 0.2) is 46.9 Å². The average molecular weight is 589 g/mol. The van der Waals surface area contributed by atoms with Crippen LogP contribution >= 0.6 is 27.5 Å². The summed E-state index contributed by atoms with van der Waals surface area (Å²) in [6.45, 7) is 5.07. The van der Waals surface area contributed by atoms with E-state index < -0.39 is 28.5 Å². The Kier molecular flexibility index (Phi) is 10.4. The number of methoxy groups -OCH3 is 1. The summed E-state index contributed by atoms with van der Waals surface area (Å²) in [5, 5.41) is 3.10. The molecule has 2 atom stereocenters. The third-order valence-corrected chi connectivity index (χ3v) is 7.44. The molecule has 2 amide bonds. The molecule has 2 aromatic rings. The van der Waals surface area contributed by atoms with Crippen molar-refractivity contribution in [1.82, 2.24) is 10.2 Å². The van der Waals surface area contributed by atoms with Gasteiger partial charge in [-0.25, -0.2) is 8.42 Å². The van der Waals surface area contributed by atoms with E-state index in [0.717, 1.165) is 27.0 Å². The first-order valence-electron chi connectivity index (χ1n) is 11.0. The summed E-state index contributed by atoms with van der Waals surface area (Å²) in [4.78, 5) is 27.8. The minimum atomic E-state index is -3.85. The van der Waals surface area contributed by atoms with Gasteiger partial charge in [0.05, 0.1) is 24.1 Å². The van der Waals surface area contributed by atoms with Crippen LogP contribution in [0.2, 0.25) is 5.02 Å². The lowest BCUT2D eigenvalue weighted by molar-refractivity contribution is -0.139. The van der Waals surface area contributed by atoms with Crippen LogP contribution in [-0.4, -0.2) is 57.1 Å². The number of rotatable bonds is 11. The first-order chi connectivity index (χ1) is 16.4. The van der Waals surface area contributed by atoms with Gasteiger partial charge in [0.1, 0.15) is 18.3 Å². The molecule has 0 saturated carbocycles. The maximum absolute atomic E-state index is 13.5. The van der Waals surface area contributed by atoms with E-state index in [2.05, 4.69) is 21.2 Å². The van der Waals surface area contributed by atoms with Crippen molar-refractivity contribution in [2.45, 2.75) is 45.8 Å². The molecule has 2 rings (SSSR count). The molecule has 35 heavy (non-hydrogen) atoms. The number of nitrogens with one attached hydrogen (secondary N) is 1. The van der Waals surface area contributed by atoms with Gasteiger partial charge in [0, 0.05) is 17.1 Å². The van der Waals surface area contributed by atoms with E-state index in [4.69, 9.17) is 16.3 Å². The molecular formula is C24H31BrClN3O5S. The predicted octanol–water partition coefficient (Wildman–Crippen LogP) is 4.21. The van der Waals surface area contributed by atoms with Gasteiger partial charge in [0.2, 0.25) is 21.8 Å². The fourth-order valence-electron chi connectivity index (χ4n) is 3.30. The SMILES string of the molecule is CC[C@H](C)NC(=O)[C@H](C)N(Cc1cccc(Br)c1)C(=O)CN(c1ccc(OC)c(Cl)c1)S(C)(=O)=O. The van der Waals surface area contributed by atoms with Crippen LogP contribution < -0.4 is 14.4 Å². The zero-order valence-electron chi connectivity index (χ0n) is 20.4. The third kappa shape index (κ3) is 8.12. The zero-order valence-corrected chi connectivity index (χ0v) is 23.6. The van der Waals surface area contributed by atoms with Crippen LogP contribution in [0.4, 0.5) is 5.69 Å². The molecule has 0 aliphatic rings. The van der Waals surface area contributed by atoms with Gasteiger partial charge < -0.3 is 15.0 Å². The van der Waals surface area contributed by atoms with Gasteiger partial charge in [0.25, 0.3) is 0 Å². The molecule has 0 aliphatic heterocycles. The topological polar surface area (TPSA) is 96.0 Å². The average Bonchev–Trinajstić information content (AvgIpc) is 2.79. The number of amides is 2. The zero-order chi connectivity index (χ0) is 26.3. The molecule has 0 unspecified atom stereocenters. The van der Waals surface area contributed by atoms with Gasteiger partial charge >= 0.3 is 0 Å². The van der Waals surface area contributed by atoms with Crippen LogP contribution in [0.5, 0.6) is 5.75 Å². The Morgan fingerprint density at radius 3 is 2.40 bits per heavy atom. The van der Waals surface area contributed by atoms with E-state index in [1.54, 1.807) is 6.92 Å². The number of carbonyl (C=O) groups excluding carboxylic acids is 2. The van der Waals surface area contributed by atoms with Crippen LogP contribution in [0.1, 0.15) is 32.8 Å². The molecule has 0 saturated heterocycles. The van der Waals surface area contributed by atoms with Crippen molar-refractivity contribution in [1.29, 1.82) is 0 Å². The first-order valence-corrected chi connectivity index (χ1v) is 14.0. The number of ether oxygens (including phenoxy) is 1. The van der Waals surface area contributed by atoms with Gasteiger partial charge in [-0.3, -0.25) is 13.9 Å². The Labute approximate surface area is 220 Å². The number of hydrogen-bond acceptors (Lipinski definition) is 5. The third-order valence-electron chi connectivity index (χ3n) is 5.51. The summed E-state index contributed by atoms with van der Waals surface area (Å²) in [7, 11) is -2.40. The van der Waals surface area contributed by atoms with Crippen LogP contribution in [-0.2, 0) is 26.2 Å². The molecular weight excluding hydrogens is 558 g/mol. The van der Waals surface area contributed by atoms with E-state index in [1.807, 2.05) is 38.1 Å². The summed E-state index contributed by atoms with van der Waals surface area (Å²) in [6, 6.07) is 10.9. The summed E-state index contributed by atoms with van der Waals surface area (Å²) in [5.41, 5.74) is 1.00. The standard InChI is InChI=1S/C24H31BrClN3O5S/c1-6-16(2)27-24(31)17(3)28(14-18-8-7-9-19(25)12-18)23(30)15-29(35(5,32)33)20-10-11-22(34-4)21(26)13-20/h7-13,16-17H,6,14-15H2,1-5H3,(H,27,31)/t16-,17-/m0/s1. The highest BCUT2D eigenvalue weighted by Crippen LogP contribution is 2.30. The molecule has 0 heterocycles. The molecule has 0 fully saturated rings. The Morgan fingerprint density at radius 2 is 1.86 bits per heavy atom. The lowest BCUT2D eigenvalue weighted by atomic mass is 10.1. The molecule has 192 valence electrons. The molecule has 2 aromatic carbocycles. The number of hydrogen-bond donors (Lipinski definition) is 1. The molecule has 1 N–H and O–H groups in total. The number of nitrogens with zero attached hydrogens (tertiary/aromatic N) is 2. The fraction of sp³-hybridized carbons (Fsp3) is 0.417. The first kappa shape index (κ1) is 28.9. The van der Waals surface area contributed by atoms with Crippen molar-refractivity contribution in [3.63, 3.8) is 0 Å². The Balaban J connectivity index is 2.41. The summed E-state index contributed by atoms with van der Waals surface area (Å²) >= 11 is 9.62. The minimum absolute atomic E-state index is 0.0678. The molecule has 0 radical (unpaired) electrons. The lowest BCUT2D eigenvalue weighted by Gasteiger charge is -2.32. The van der Waals surface area contributed by atoms with Gasteiger partial charge in [-0.15, -0.1) is 0 Å². The minimum Gasteiger partial charge on any atom is -0.495 e. The highest BCUT2D eigenvalue weighted by atomic mass is 79.9. The van der Waals surface area contributed by atoms with E-state index in [1.165, 1.54) is 30.2 Å².